The van der Waals surface area contributed by atoms with E-state index >= 15 is 0 Å². The molecule has 0 aliphatic heterocycles. The van der Waals surface area contributed by atoms with Crippen LogP contribution in [0, 0.1) is 25.5 Å². The highest BCUT2D eigenvalue weighted by atomic mass is 79.9. The van der Waals surface area contributed by atoms with Crippen molar-refractivity contribution in [1.82, 2.24) is 9.78 Å². The molecule has 1 aromatic carbocycles. The summed E-state index contributed by atoms with van der Waals surface area (Å²) in [6, 6.07) is 1.79. The number of benzene rings is 1. The number of halogens is 3. The van der Waals surface area contributed by atoms with Crippen LogP contribution in [-0.2, 0) is 13.5 Å². The Kier molecular flexibility index (Phi) is 4.25. The average molecular weight is 344 g/mol. The lowest BCUT2D eigenvalue weighted by molar-refractivity contribution is 0.543. The summed E-state index contributed by atoms with van der Waals surface area (Å²) in [5.74, 6) is -1.17. The Bertz CT molecular complexity index is 652. The summed E-state index contributed by atoms with van der Waals surface area (Å²) in [6.07, 6.45) is 0.417. The van der Waals surface area contributed by atoms with Crippen molar-refractivity contribution in [3.8, 4) is 0 Å². The van der Waals surface area contributed by atoms with Gasteiger partial charge in [0.1, 0.15) is 11.6 Å². The van der Waals surface area contributed by atoms with Gasteiger partial charge in [-0.15, -0.1) is 0 Å². The second kappa shape index (κ2) is 5.61. The Morgan fingerprint density at radius 1 is 1.30 bits per heavy atom. The van der Waals surface area contributed by atoms with Crippen molar-refractivity contribution in [2.24, 2.45) is 12.8 Å². The number of aryl methyl sites for hydroxylation is 3. The van der Waals surface area contributed by atoms with Crippen LogP contribution in [0.1, 0.15) is 28.6 Å². The summed E-state index contributed by atoms with van der Waals surface area (Å²) >= 11 is 3.45. The fourth-order valence-electron chi connectivity index (χ4n) is 2.18. The molecule has 1 unspecified atom stereocenters. The number of aromatic nitrogens is 2. The predicted octanol–water partition coefficient (Wildman–Crippen LogP) is 3.32. The van der Waals surface area contributed by atoms with E-state index < -0.39 is 17.7 Å². The second-order valence-electron chi connectivity index (χ2n) is 4.90. The largest absolute Gasteiger partial charge is 0.324 e. The number of rotatable bonds is 3. The van der Waals surface area contributed by atoms with Gasteiger partial charge in [-0.25, -0.2) is 8.78 Å². The molecule has 3 nitrogen and oxygen atoms in total. The predicted molar refractivity (Wildman–Crippen MR) is 77.4 cm³/mol. The molecule has 0 aliphatic carbocycles. The van der Waals surface area contributed by atoms with E-state index in [1.165, 1.54) is 6.07 Å². The van der Waals surface area contributed by atoms with E-state index in [0.29, 0.717) is 17.5 Å². The van der Waals surface area contributed by atoms with Crippen LogP contribution in [-0.4, -0.2) is 9.78 Å². The molecular formula is C14H16BrF2N3. The molecule has 0 radical (unpaired) electrons. The van der Waals surface area contributed by atoms with Crippen molar-refractivity contribution in [2.45, 2.75) is 26.3 Å². The molecule has 2 rings (SSSR count). The van der Waals surface area contributed by atoms with Gasteiger partial charge < -0.3 is 5.73 Å². The zero-order valence-corrected chi connectivity index (χ0v) is 13.1. The van der Waals surface area contributed by atoms with E-state index in [-0.39, 0.29) is 0 Å². The third-order valence-corrected chi connectivity index (χ3v) is 4.38. The van der Waals surface area contributed by atoms with Crippen LogP contribution in [0.5, 0.6) is 0 Å². The molecule has 0 spiro atoms. The molecule has 108 valence electrons. The minimum Gasteiger partial charge on any atom is -0.324 e. The Morgan fingerprint density at radius 2 is 1.95 bits per heavy atom. The average Bonchev–Trinajstić information content (AvgIpc) is 2.60. The van der Waals surface area contributed by atoms with Gasteiger partial charge >= 0.3 is 0 Å². The summed E-state index contributed by atoms with van der Waals surface area (Å²) < 4.78 is 29.7. The molecule has 20 heavy (non-hydrogen) atoms. The maximum atomic E-state index is 13.8. The zero-order valence-electron chi connectivity index (χ0n) is 11.5. The molecule has 1 aromatic heterocycles. The zero-order chi connectivity index (χ0) is 15.0. The van der Waals surface area contributed by atoms with E-state index in [0.717, 1.165) is 21.9 Å². The van der Waals surface area contributed by atoms with E-state index in [4.69, 9.17) is 5.73 Å². The molecule has 0 saturated heterocycles. The Hall–Kier alpha value is -1.27. The Balaban J connectivity index is 2.33. The van der Waals surface area contributed by atoms with Crippen molar-refractivity contribution in [3.05, 3.63) is 50.8 Å². The lowest BCUT2D eigenvalue weighted by Crippen LogP contribution is -2.17. The summed E-state index contributed by atoms with van der Waals surface area (Å²) in [5.41, 5.74) is 8.51. The summed E-state index contributed by atoms with van der Waals surface area (Å²) in [5, 5.41) is 4.27. The highest BCUT2D eigenvalue weighted by Crippen LogP contribution is 2.27. The molecule has 0 saturated carbocycles. The monoisotopic (exact) mass is 343 g/mol. The molecule has 0 fully saturated rings. The van der Waals surface area contributed by atoms with Crippen LogP contribution in [0.25, 0.3) is 0 Å². The lowest BCUT2D eigenvalue weighted by atomic mass is 10.00. The molecule has 2 N–H and O–H groups in total. The van der Waals surface area contributed by atoms with Gasteiger partial charge in [0.05, 0.1) is 15.9 Å². The van der Waals surface area contributed by atoms with Crippen molar-refractivity contribution in [1.29, 1.82) is 0 Å². The molecular weight excluding hydrogens is 328 g/mol. The van der Waals surface area contributed by atoms with Crippen LogP contribution >= 0.6 is 15.9 Å². The first-order valence-corrected chi connectivity index (χ1v) is 6.99. The van der Waals surface area contributed by atoms with Crippen molar-refractivity contribution in [2.75, 3.05) is 0 Å². The molecule has 1 atom stereocenters. The standard InChI is InChI=1S/C14H16BrF2N3/c1-7-4-9(11(17)5-10(7)16)12(18)6-13-14(15)8(2)19-20(13)3/h4-5,12H,6,18H2,1-3H3. The normalized spacial score (nSPS) is 12.8. The topological polar surface area (TPSA) is 43.8 Å². The lowest BCUT2D eigenvalue weighted by Gasteiger charge is -2.15. The van der Waals surface area contributed by atoms with Crippen LogP contribution < -0.4 is 5.73 Å². The highest BCUT2D eigenvalue weighted by molar-refractivity contribution is 9.10. The second-order valence-corrected chi connectivity index (χ2v) is 5.70. The Labute approximate surface area is 124 Å². The van der Waals surface area contributed by atoms with Gasteiger partial charge in [-0.1, -0.05) is 0 Å². The van der Waals surface area contributed by atoms with Gasteiger partial charge in [0.2, 0.25) is 0 Å². The van der Waals surface area contributed by atoms with Crippen molar-refractivity contribution in [3.63, 3.8) is 0 Å². The summed E-state index contributed by atoms with van der Waals surface area (Å²) in [7, 11) is 1.81. The Morgan fingerprint density at radius 3 is 2.50 bits per heavy atom. The molecule has 1 heterocycles. The SMILES string of the molecule is Cc1cc(C(N)Cc2c(Br)c(C)nn2C)c(F)cc1F. The van der Waals surface area contributed by atoms with Gasteiger partial charge in [0, 0.05) is 31.1 Å². The fraction of sp³-hybridized carbons (Fsp3) is 0.357. The molecule has 6 heteroatoms. The van der Waals surface area contributed by atoms with Crippen LogP contribution in [0.4, 0.5) is 8.78 Å². The van der Waals surface area contributed by atoms with Crippen LogP contribution in [0.2, 0.25) is 0 Å². The maximum Gasteiger partial charge on any atom is 0.130 e. The first-order valence-electron chi connectivity index (χ1n) is 6.20. The third-order valence-electron chi connectivity index (χ3n) is 3.35. The van der Waals surface area contributed by atoms with Crippen molar-refractivity contribution < 1.29 is 8.78 Å². The van der Waals surface area contributed by atoms with Crippen LogP contribution in [0.15, 0.2) is 16.6 Å². The maximum absolute atomic E-state index is 13.8. The minimum absolute atomic E-state index is 0.314. The van der Waals surface area contributed by atoms with Gasteiger partial charge in [-0.05, 0) is 41.4 Å². The van der Waals surface area contributed by atoms with E-state index in [9.17, 15) is 8.78 Å². The summed E-state index contributed by atoms with van der Waals surface area (Å²) in [6.45, 7) is 3.47. The first kappa shape index (κ1) is 15.1. The quantitative estimate of drug-likeness (QED) is 0.928. The van der Waals surface area contributed by atoms with E-state index in [2.05, 4.69) is 21.0 Å². The van der Waals surface area contributed by atoms with Gasteiger partial charge in [-0.3, -0.25) is 4.68 Å². The molecule has 0 aliphatic rings. The van der Waals surface area contributed by atoms with Gasteiger partial charge in [0.15, 0.2) is 0 Å². The van der Waals surface area contributed by atoms with Crippen LogP contribution in [0.3, 0.4) is 0 Å². The van der Waals surface area contributed by atoms with Gasteiger partial charge in [0.25, 0.3) is 0 Å². The molecule has 2 aromatic rings. The number of nitrogens with two attached hydrogens (primary N) is 1. The van der Waals surface area contributed by atoms with Crippen molar-refractivity contribution >= 4 is 15.9 Å². The number of hydrogen-bond donors (Lipinski definition) is 1. The highest BCUT2D eigenvalue weighted by Gasteiger charge is 2.19. The number of nitrogens with zero attached hydrogens (tertiary/aromatic N) is 2. The number of hydrogen-bond acceptors (Lipinski definition) is 2. The fourth-order valence-corrected chi connectivity index (χ4v) is 2.68. The first-order chi connectivity index (χ1) is 9.31. The summed E-state index contributed by atoms with van der Waals surface area (Å²) in [4.78, 5) is 0. The smallest absolute Gasteiger partial charge is 0.130 e. The molecule has 0 bridgehead atoms. The minimum atomic E-state index is -0.615. The van der Waals surface area contributed by atoms with Gasteiger partial charge in [-0.2, -0.15) is 5.10 Å². The van der Waals surface area contributed by atoms with E-state index in [1.54, 1.807) is 11.6 Å². The molecule has 0 amide bonds. The van der Waals surface area contributed by atoms with E-state index in [1.807, 2.05) is 14.0 Å². The third kappa shape index (κ3) is 2.76.